The number of primary sulfonamides is 1. The van der Waals surface area contributed by atoms with Crippen molar-refractivity contribution in [2.45, 2.75) is 11.8 Å². The van der Waals surface area contributed by atoms with E-state index in [1.54, 1.807) is 18.2 Å². The molecule has 1 aromatic carbocycles. The van der Waals surface area contributed by atoms with Gasteiger partial charge in [-0.3, -0.25) is 14.5 Å². The van der Waals surface area contributed by atoms with Crippen LogP contribution in [0.3, 0.4) is 0 Å². The van der Waals surface area contributed by atoms with E-state index in [2.05, 4.69) is 0 Å². The number of benzene rings is 1. The van der Waals surface area contributed by atoms with Crippen LogP contribution in [0.15, 0.2) is 62.4 Å². The number of β-amino-alcohol motifs (C(OH)–C–C–N with tert-alkyl or cyclic N) is 1. The molecule has 2 amide bonds. The van der Waals surface area contributed by atoms with E-state index in [0.29, 0.717) is 17.1 Å². The highest BCUT2D eigenvalue weighted by molar-refractivity contribution is 7.89. The highest BCUT2D eigenvalue weighted by atomic mass is 32.2. The van der Waals surface area contributed by atoms with Crippen molar-refractivity contribution in [3.8, 4) is 17.4 Å². The summed E-state index contributed by atoms with van der Waals surface area (Å²) >= 11 is 0. The molecule has 154 valence electrons. The minimum absolute atomic E-state index is 0.0358. The third-order valence-corrected chi connectivity index (χ3v) is 5.46. The maximum Gasteiger partial charge on any atom is 0.271 e. The fraction of sp³-hybridized carbons (Fsp3) is 0.150. The molecule has 1 aromatic heterocycles. The predicted molar refractivity (Wildman–Crippen MR) is 106 cm³/mol. The van der Waals surface area contributed by atoms with E-state index in [1.807, 2.05) is 0 Å². The SMILES string of the molecule is CC1=C(C#N)C(=O)N(CCO)C(=O)/C1=C\c1ccc(-c2ccc(S(N)(=O)=O)cc2)o1. The van der Waals surface area contributed by atoms with E-state index in [0.717, 1.165) is 4.90 Å². The Kier molecular flexibility index (Phi) is 5.71. The van der Waals surface area contributed by atoms with Gasteiger partial charge in [-0.05, 0) is 55.0 Å². The number of aliphatic hydroxyl groups excluding tert-OH is 1. The molecule has 0 saturated heterocycles. The lowest BCUT2D eigenvalue weighted by molar-refractivity contribution is -0.140. The van der Waals surface area contributed by atoms with Gasteiger partial charge in [-0.25, -0.2) is 13.6 Å². The normalized spacial score (nSPS) is 16.3. The van der Waals surface area contributed by atoms with E-state index < -0.39 is 28.4 Å². The molecule has 0 aliphatic carbocycles. The van der Waals surface area contributed by atoms with Gasteiger partial charge in [0, 0.05) is 11.1 Å². The summed E-state index contributed by atoms with van der Waals surface area (Å²) in [7, 11) is -3.81. The number of nitriles is 1. The van der Waals surface area contributed by atoms with Crippen LogP contribution in [-0.2, 0) is 19.6 Å². The van der Waals surface area contributed by atoms with Gasteiger partial charge in [-0.1, -0.05) is 0 Å². The summed E-state index contributed by atoms with van der Waals surface area (Å²) in [6.07, 6.45) is 1.41. The number of nitrogens with zero attached hydrogens (tertiary/aromatic N) is 2. The Hall–Kier alpha value is -3.52. The molecule has 2 heterocycles. The Labute approximate surface area is 172 Å². The van der Waals surface area contributed by atoms with Gasteiger partial charge in [-0.15, -0.1) is 0 Å². The Balaban J connectivity index is 1.98. The van der Waals surface area contributed by atoms with Gasteiger partial charge in [0.1, 0.15) is 23.2 Å². The Morgan fingerprint density at radius 1 is 1.17 bits per heavy atom. The van der Waals surface area contributed by atoms with Gasteiger partial charge in [0.2, 0.25) is 10.0 Å². The number of amides is 2. The molecule has 0 bridgehead atoms. The number of imide groups is 1. The first kappa shape index (κ1) is 21.2. The molecule has 1 aliphatic rings. The number of carbonyl (C=O) groups excluding carboxylic acids is 2. The smallest absolute Gasteiger partial charge is 0.271 e. The summed E-state index contributed by atoms with van der Waals surface area (Å²) in [5, 5.41) is 23.5. The summed E-state index contributed by atoms with van der Waals surface area (Å²) < 4.78 is 28.4. The Bertz CT molecular complexity index is 1230. The van der Waals surface area contributed by atoms with Crippen molar-refractivity contribution in [1.29, 1.82) is 5.26 Å². The number of nitrogens with two attached hydrogens (primary N) is 1. The molecule has 0 spiro atoms. The number of furan rings is 1. The lowest BCUT2D eigenvalue weighted by atomic mass is 9.95. The number of aliphatic hydroxyl groups is 1. The summed E-state index contributed by atoms with van der Waals surface area (Å²) in [4.78, 5) is 25.7. The lowest BCUT2D eigenvalue weighted by Gasteiger charge is -2.26. The van der Waals surface area contributed by atoms with Gasteiger partial charge >= 0.3 is 0 Å². The topological polar surface area (TPSA) is 155 Å². The second-order valence-electron chi connectivity index (χ2n) is 6.43. The molecule has 0 fully saturated rings. The summed E-state index contributed by atoms with van der Waals surface area (Å²) in [6.45, 7) is 0.835. The molecule has 10 heteroatoms. The van der Waals surface area contributed by atoms with Crippen LogP contribution in [0.4, 0.5) is 0 Å². The highest BCUT2D eigenvalue weighted by Crippen LogP contribution is 2.29. The number of hydrogen-bond donors (Lipinski definition) is 2. The van der Waals surface area contributed by atoms with Crippen molar-refractivity contribution in [2.75, 3.05) is 13.2 Å². The number of carbonyl (C=O) groups is 2. The van der Waals surface area contributed by atoms with Crippen LogP contribution in [0.25, 0.3) is 17.4 Å². The minimum Gasteiger partial charge on any atom is -0.457 e. The fourth-order valence-electron chi connectivity index (χ4n) is 2.97. The van der Waals surface area contributed by atoms with Gasteiger partial charge < -0.3 is 9.52 Å². The standard InChI is InChI=1S/C20H17N3O6S/c1-12-16(19(25)23(8-9-24)20(26)17(12)11-21)10-14-4-7-18(29-14)13-2-5-15(6-3-13)30(22,27)28/h2-7,10,24H,8-9H2,1H3,(H2,22,27,28)/b16-10-. The van der Waals surface area contributed by atoms with Crippen LogP contribution in [0, 0.1) is 11.3 Å². The quantitative estimate of drug-likeness (QED) is 0.536. The monoisotopic (exact) mass is 427 g/mol. The molecule has 9 nitrogen and oxygen atoms in total. The molecule has 0 radical (unpaired) electrons. The summed E-state index contributed by atoms with van der Waals surface area (Å²) in [5.74, 6) is -0.683. The van der Waals surface area contributed by atoms with Crippen molar-refractivity contribution in [2.24, 2.45) is 5.14 Å². The molecule has 0 unspecified atom stereocenters. The van der Waals surface area contributed by atoms with Crippen LogP contribution in [0.5, 0.6) is 0 Å². The fourth-order valence-corrected chi connectivity index (χ4v) is 3.48. The molecule has 30 heavy (non-hydrogen) atoms. The van der Waals surface area contributed by atoms with E-state index >= 15 is 0 Å². The van der Waals surface area contributed by atoms with Crippen LogP contribution >= 0.6 is 0 Å². The number of sulfonamides is 1. The van der Waals surface area contributed by atoms with E-state index in [9.17, 15) is 23.3 Å². The Morgan fingerprint density at radius 3 is 2.40 bits per heavy atom. The van der Waals surface area contributed by atoms with Crippen molar-refractivity contribution in [3.05, 3.63) is 58.9 Å². The van der Waals surface area contributed by atoms with Crippen molar-refractivity contribution >= 4 is 27.9 Å². The predicted octanol–water partition coefficient (Wildman–Crippen LogP) is 1.18. The Morgan fingerprint density at radius 2 is 1.83 bits per heavy atom. The van der Waals surface area contributed by atoms with E-state index in [1.165, 1.54) is 37.3 Å². The van der Waals surface area contributed by atoms with E-state index in [-0.39, 0.29) is 28.2 Å². The van der Waals surface area contributed by atoms with Crippen LogP contribution in [0.2, 0.25) is 0 Å². The number of rotatable bonds is 5. The first-order valence-electron chi connectivity index (χ1n) is 8.70. The van der Waals surface area contributed by atoms with Gasteiger partial charge in [0.05, 0.1) is 18.0 Å². The third-order valence-electron chi connectivity index (χ3n) is 4.53. The van der Waals surface area contributed by atoms with Gasteiger partial charge in [0.15, 0.2) is 0 Å². The molecular weight excluding hydrogens is 410 g/mol. The molecule has 0 saturated carbocycles. The molecule has 0 atom stereocenters. The van der Waals surface area contributed by atoms with Crippen LogP contribution < -0.4 is 5.14 Å². The van der Waals surface area contributed by atoms with Crippen molar-refractivity contribution < 1.29 is 27.5 Å². The molecular formula is C20H17N3O6S. The van der Waals surface area contributed by atoms with Crippen LogP contribution in [0.1, 0.15) is 12.7 Å². The van der Waals surface area contributed by atoms with Crippen molar-refractivity contribution in [3.63, 3.8) is 0 Å². The van der Waals surface area contributed by atoms with E-state index in [4.69, 9.17) is 14.7 Å². The average molecular weight is 427 g/mol. The molecule has 1 aliphatic heterocycles. The molecule has 3 N–H and O–H groups in total. The second kappa shape index (κ2) is 8.08. The highest BCUT2D eigenvalue weighted by Gasteiger charge is 2.35. The van der Waals surface area contributed by atoms with Crippen LogP contribution in [-0.4, -0.2) is 43.4 Å². The maximum atomic E-state index is 12.7. The number of hydrogen-bond acceptors (Lipinski definition) is 7. The average Bonchev–Trinajstić information content (AvgIpc) is 3.17. The van der Waals surface area contributed by atoms with Gasteiger partial charge in [0.25, 0.3) is 11.8 Å². The first-order valence-corrected chi connectivity index (χ1v) is 10.2. The zero-order valence-electron chi connectivity index (χ0n) is 15.8. The minimum atomic E-state index is -3.81. The summed E-state index contributed by atoms with van der Waals surface area (Å²) in [5.41, 5.74) is 0.728. The van der Waals surface area contributed by atoms with Crippen molar-refractivity contribution in [1.82, 2.24) is 4.90 Å². The lowest BCUT2D eigenvalue weighted by Crippen LogP contribution is -2.44. The molecule has 2 aromatic rings. The zero-order chi connectivity index (χ0) is 22.1. The third kappa shape index (κ3) is 3.95. The zero-order valence-corrected chi connectivity index (χ0v) is 16.6. The second-order valence-corrected chi connectivity index (χ2v) is 7.99. The first-order chi connectivity index (χ1) is 14.2. The molecule has 3 rings (SSSR count). The van der Waals surface area contributed by atoms with Gasteiger partial charge in [-0.2, -0.15) is 5.26 Å². The summed E-state index contributed by atoms with van der Waals surface area (Å²) in [6, 6.07) is 10.8. The maximum absolute atomic E-state index is 12.7. The largest absolute Gasteiger partial charge is 0.457 e.